The maximum atomic E-state index is 13.8. The molecule has 23 heavy (non-hydrogen) atoms. The van der Waals surface area contributed by atoms with E-state index in [0.717, 1.165) is 41.2 Å². The Morgan fingerprint density at radius 1 is 1.09 bits per heavy atom. The molecular weight excluding hydrogens is 291 g/mol. The van der Waals surface area contributed by atoms with Gasteiger partial charge in [-0.25, -0.2) is 14.4 Å². The highest BCUT2D eigenvalue weighted by Gasteiger charge is 2.17. The first-order chi connectivity index (χ1) is 11.2. The van der Waals surface area contributed by atoms with Crippen molar-refractivity contribution in [2.24, 2.45) is 0 Å². The van der Waals surface area contributed by atoms with Gasteiger partial charge in [0.05, 0.1) is 5.52 Å². The van der Waals surface area contributed by atoms with Crippen LogP contribution in [0.4, 0.5) is 10.2 Å². The van der Waals surface area contributed by atoms with Crippen LogP contribution in [0.1, 0.15) is 24.8 Å². The van der Waals surface area contributed by atoms with Crippen LogP contribution in [0.15, 0.2) is 30.6 Å². The van der Waals surface area contributed by atoms with E-state index in [1.165, 1.54) is 19.3 Å². The lowest BCUT2D eigenvalue weighted by Crippen LogP contribution is -2.30. The van der Waals surface area contributed by atoms with Gasteiger partial charge in [-0.05, 0) is 43.9 Å². The predicted octanol–water partition coefficient (Wildman–Crippen LogP) is 4.06. The molecule has 1 aromatic carbocycles. The molecule has 3 heterocycles. The number of hydrogen-bond donors (Lipinski definition) is 1. The highest BCUT2D eigenvalue weighted by atomic mass is 19.1. The Balaban J connectivity index is 1.79. The number of rotatable bonds is 2. The maximum absolute atomic E-state index is 13.8. The summed E-state index contributed by atoms with van der Waals surface area (Å²) in [6.07, 6.45) is 5.29. The number of aromatic nitrogens is 3. The van der Waals surface area contributed by atoms with E-state index in [1.807, 2.05) is 12.1 Å². The van der Waals surface area contributed by atoms with Crippen molar-refractivity contribution in [3.8, 4) is 11.3 Å². The summed E-state index contributed by atoms with van der Waals surface area (Å²) in [5.74, 6) is 0.761. The zero-order chi connectivity index (χ0) is 15.8. The Bertz CT molecular complexity index is 849. The fourth-order valence-electron chi connectivity index (χ4n) is 3.19. The molecule has 1 fully saturated rings. The molecule has 0 saturated carbocycles. The molecule has 0 spiro atoms. The first kappa shape index (κ1) is 14.2. The van der Waals surface area contributed by atoms with Crippen LogP contribution in [0.3, 0.4) is 0 Å². The largest absolute Gasteiger partial charge is 0.355 e. The van der Waals surface area contributed by atoms with E-state index >= 15 is 0 Å². The van der Waals surface area contributed by atoms with Gasteiger partial charge in [0.15, 0.2) is 5.82 Å². The lowest BCUT2D eigenvalue weighted by Gasteiger charge is -2.27. The Hall–Kier alpha value is -2.43. The predicted molar refractivity (Wildman–Crippen MR) is 90.1 cm³/mol. The van der Waals surface area contributed by atoms with Crippen molar-refractivity contribution in [2.45, 2.75) is 26.2 Å². The Morgan fingerprint density at radius 3 is 2.70 bits per heavy atom. The first-order valence-electron chi connectivity index (χ1n) is 8.07. The number of anilines is 1. The van der Waals surface area contributed by atoms with Crippen molar-refractivity contribution in [1.29, 1.82) is 0 Å². The van der Waals surface area contributed by atoms with Crippen molar-refractivity contribution in [2.75, 3.05) is 18.0 Å². The second-order valence-corrected chi connectivity index (χ2v) is 6.15. The third kappa shape index (κ3) is 2.56. The molecule has 3 aromatic rings. The molecule has 0 unspecified atom stereocenters. The lowest BCUT2D eigenvalue weighted by atomic mass is 10.1. The number of benzene rings is 1. The van der Waals surface area contributed by atoms with E-state index in [2.05, 4.69) is 19.9 Å². The Labute approximate surface area is 134 Å². The van der Waals surface area contributed by atoms with Crippen LogP contribution in [-0.2, 0) is 0 Å². The molecule has 0 atom stereocenters. The smallest absolute Gasteiger partial charge is 0.156 e. The number of hydrogen-bond acceptors (Lipinski definition) is 3. The SMILES string of the molecule is Cc1ccc(-c2cc3ncnc(N4CCCCC4)c3[nH]2)cc1F. The topological polar surface area (TPSA) is 44.8 Å². The highest BCUT2D eigenvalue weighted by Crippen LogP contribution is 2.29. The summed E-state index contributed by atoms with van der Waals surface area (Å²) in [7, 11) is 0. The van der Waals surface area contributed by atoms with Crippen LogP contribution in [-0.4, -0.2) is 28.0 Å². The van der Waals surface area contributed by atoms with Gasteiger partial charge >= 0.3 is 0 Å². The molecule has 1 N–H and O–H groups in total. The van der Waals surface area contributed by atoms with Crippen LogP contribution >= 0.6 is 0 Å². The van der Waals surface area contributed by atoms with Crippen LogP contribution in [0.25, 0.3) is 22.3 Å². The molecule has 0 aliphatic carbocycles. The third-order valence-corrected chi connectivity index (χ3v) is 4.54. The van der Waals surface area contributed by atoms with Crippen molar-refractivity contribution in [3.05, 3.63) is 42.0 Å². The molecule has 1 aliphatic heterocycles. The number of halogens is 1. The molecule has 4 nitrogen and oxygen atoms in total. The van der Waals surface area contributed by atoms with Gasteiger partial charge in [-0.2, -0.15) is 0 Å². The molecule has 0 radical (unpaired) electrons. The minimum absolute atomic E-state index is 0.191. The van der Waals surface area contributed by atoms with E-state index in [9.17, 15) is 4.39 Å². The number of nitrogens with one attached hydrogen (secondary N) is 1. The number of piperidine rings is 1. The minimum atomic E-state index is -0.191. The zero-order valence-electron chi connectivity index (χ0n) is 13.1. The quantitative estimate of drug-likeness (QED) is 0.776. The van der Waals surface area contributed by atoms with E-state index in [0.29, 0.717) is 5.56 Å². The molecular formula is C18H19FN4. The fourth-order valence-corrected chi connectivity index (χ4v) is 3.19. The van der Waals surface area contributed by atoms with Crippen LogP contribution < -0.4 is 4.90 Å². The van der Waals surface area contributed by atoms with Gasteiger partial charge in [0.25, 0.3) is 0 Å². The van der Waals surface area contributed by atoms with Gasteiger partial charge in [0.2, 0.25) is 0 Å². The summed E-state index contributed by atoms with van der Waals surface area (Å²) >= 11 is 0. The minimum Gasteiger partial charge on any atom is -0.355 e. The molecule has 118 valence electrons. The van der Waals surface area contributed by atoms with Gasteiger partial charge in [0, 0.05) is 24.3 Å². The monoisotopic (exact) mass is 310 g/mol. The van der Waals surface area contributed by atoms with Crippen molar-refractivity contribution in [1.82, 2.24) is 15.0 Å². The second kappa shape index (κ2) is 5.65. The summed E-state index contributed by atoms with van der Waals surface area (Å²) in [6, 6.07) is 7.26. The summed E-state index contributed by atoms with van der Waals surface area (Å²) < 4.78 is 13.8. The molecule has 1 aliphatic rings. The average molecular weight is 310 g/mol. The van der Waals surface area contributed by atoms with Crippen LogP contribution in [0, 0.1) is 12.7 Å². The molecule has 2 aromatic heterocycles. The standard InChI is InChI=1S/C18H19FN4/c1-12-5-6-13(9-14(12)19)15-10-16-17(22-15)18(21-11-20-16)23-7-3-2-4-8-23/h5-6,9-11,22H,2-4,7-8H2,1H3. The lowest BCUT2D eigenvalue weighted by molar-refractivity contribution is 0.574. The third-order valence-electron chi connectivity index (χ3n) is 4.54. The van der Waals surface area contributed by atoms with Crippen LogP contribution in [0.2, 0.25) is 0 Å². The fraction of sp³-hybridized carbons (Fsp3) is 0.333. The molecule has 4 rings (SSSR count). The summed E-state index contributed by atoms with van der Waals surface area (Å²) in [4.78, 5) is 14.5. The summed E-state index contributed by atoms with van der Waals surface area (Å²) in [6.45, 7) is 3.82. The highest BCUT2D eigenvalue weighted by molar-refractivity contribution is 5.90. The molecule has 1 saturated heterocycles. The van der Waals surface area contributed by atoms with Crippen LogP contribution in [0.5, 0.6) is 0 Å². The van der Waals surface area contributed by atoms with Crippen molar-refractivity contribution in [3.63, 3.8) is 0 Å². The van der Waals surface area contributed by atoms with Crippen molar-refractivity contribution >= 4 is 16.9 Å². The molecule has 0 amide bonds. The number of aromatic amines is 1. The van der Waals surface area contributed by atoms with Gasteiger partial charge in [0.1, 0.15) is 17.7 Å². The second-order valence-electron chi connectivity index (χ2n) is 6.15. The van der Waals surface area contributed by atoms with Gasteiger partial charge in [-0.15, -0.1) is 0 Å². The number of nitrogens with zero attached hydrogens (tertiary/aromatic N) is 3. The van der Waals surface area contributed by atoms with Gasteiger partial charge in [-0.1, -0.05) is 12.1 Å². The Morgan fingerprint density at radius 2 is 1.91 bits per heavy atom. The molecule has 0 bridgehead atoms. The van der Waals surface area contributed by atoms with E-state index in [-0.39, 0.29) is 5.82 Å². The number of aryl methyl sites for hydroxylation is 1. The zero-order valence-corrected chi connectivity index (χ0v) is 13.1. The number of fused-ring (bicyclic) bond motifs is 1. The van der Waals surface area contributed by atoms with Crippen molar-refractivity contribution < 1.29 is 4.39 Å². The Kier molecular flexibility index (Phi) is 3.48. The maximum Gasteiger partial charge on any atom is 0.156 e. The van der Waals surface area contributed by atoms with E-state index in [1.54, 1.807) is 25.4 Å². The van der Waals surface area contributed by atoms with Gasteiger partial charge in [-0.3, -0.25) is 0 Å². The van der Waals surface area contributed by atoms with E-state index in [4.69, 9.17) is 0 Å². The first-order valence-corrected chi connectivity index (χ1v) is 8.07. The van der Waals surface area contributed by atoms with Gasteiger partial charge < -0.3 is 9.88 Å². The van der Waals surface area contributed by atoms with E-state index < -0.39 is 0 Å². The molecule has 5 heteroatoms. The summed E-state index contributed by atoms with van der Waals surface area (Å²) in [5, 5.41) is 0. The number of H-pyrrole nitrogens is 1. The average Bonchev–Trinajstić information content (AvgIpc) is 3.02. The normalized spacial score (nSPS) is 15.3. The summed E-state index contributed by atoms with van der Waals surface area (Å²) in [5.41, 5.74) is 4.16.